The number of thiophene rings is 1. The van der Waals surface area contributed by atoms with Crippen molar-refractivity contribution < 1.29 is 14.4 Å². The molecule has 0 radical (unpaired) electrons. The fourth-order valence-electron chi connectivity index (χ4n) is 3.51. The predicted octanol–water partition coefficient (Wildman–Crippen LogP) is 3.77. The largest absolute Gasteiger partial charge is 0.344 e. The van der Waals surface area contributed by atoms with Crippen LogP contribution in [-0.4, -0.2) is 22.9 Å². The molecule has 1 aliphatic rings. The lowest BCUT2D eigenvalue weighted by Gasteiger charge is -2.25. The minimum absolute atomic E-state index is 0.383. The van der Waals surface area contributed by atoms with Gasteiger partial charge < -0.3 is 5.32 Å². The zero-order chi connectivity index (χ0) is 20.3. The maximum Gasteiger partial charge on any atom is 0.344 e. The third-order valence-corrected chi connectivity index (χ3v) is 6.32. The molecule has 1 aromatic carbocycles. The number of urea groups is 1. The highest BCUT2D eigenvalue weighted by atomic mass is 32.1. The molecular formula is C21H25N3O3S. The van der Waals surface area contributed by atoms with Crippen molar-refractivity contribution in [1.82, 2.24) is 15.8 Å². The number of carbonyl (C=O) groups excluding carboxylic acids is 3. The van der Waals surface area contributed by atoms with Gasteiger partial charge in [0, 0.05) is 4.88 Å². The number of nitrogens with zero attached hydrogens (tertiary/aromatic N) is 1. The molecule has 0 bridgehead atoms. The van der Waals surface area contributed by atoms with Crippen molar-refractivity contribution >= 4 is 29.2 Å². The molecule has 0 unspecified atom stereocenters. The fraction of sp³-hybridized carbons (Fsp3) is 0.381. The summed E-state index contributed by atoms with van der Waals surface area (Å²) in [6.07, 6.45) is 3.14. The normalized spacial score (nSPS) is 19.0. The molecule has 0 spiro atoms. The number of nitrogens with one attached hydrogen (secondary N) is 2. The van der Waals surface area contributed by atoms with Crippen LogP contribution in [-0.2, 0) is 23.2 Å². The van der Waals surface area contributed by atoms with Crippen LogP contribution in [0.5, 0.6) is 0 Å². The number of carbonyl (C=O) groups is 3. The van der Waals surface area contributed by atoms with E-state index in [1.165, 1.54) is 16.2 Å². The number of imide groups is 1. The van der Waals surface area contributed by atoms with Crippen molar-refractivity contribution in [2.24, 2.45) is 0 Å². The highest BCUT2D eigenvalue weighted by molar-refractivity contribution is 7.14. The van der Waals surface area contributed by atoms with Crippen LogP contribution >= 0.6 is 11.3 Å². The summed E-state index contributed by atoms with van der Waals surface area (Å²) in [7, 11) is 0. The van der Waals surface area contributed by atoms with E-state index in [0.29, 0.717) is 16.9 Å². The molecule has 6 nitrogen and oxygen atoms in total. The summed E-state index contributed by atoms with van der Waals surface area (Å²) in [5.41, 5.74) is 3.18. The second-order valence-corrected chi connectivity index (χ2v) is 7.94. The van der Waals surface area contributed by atoms with E-state index in [1.54, 1.807) is 12.1 Å². The lowest BCUT2D eigenvalue weighted by atomic mass is 9.87. The molecule has 2 heterocycles. The van der Waals surface area contributed by atoms with E-state index in [9.17, 15) is 14.4 Å². The third-order valence-electron chi connectivity index (χ3n) is 5.08. The average Bonchev–Trinajstić information content (AvgIpc) is 3.23. The van der Waals surface area contributed by atoms with E-state index < -0.39 is 23.4 Å². The number of hydrogen-bond acceptors (Lipinski definition) is 4. The van der Waals surface area contributed by atoms with Gasteiger partial charge in [0.2, 0.25) is 0 Å². The summed E-state index contributed by atoms with van der Waals surface area (Å²) in [6, 6.07) is 10.3. The average molecular weight is 400 g/mol. The van der Waals surface area contributed by atoms with E-state index in [2.05, 4.69) is 24.6 Å². The zero-order valence-electron chi connectivity index (χ0n) is 16.4. The van der Waals surface area contributed by atoms with E-state index in [0.717, 1.165) is 29.8 Å². The SMILES string of the molecule is CCCc1sc(C(=O)NN2C(=O)N[C@](CC)(c3ccccc3)C2=O)cc1CC. The Morgan fingerprint density at radius 3 is 2.50 bits per heavy atom. The van der Waals surface area contributed by atoms with Crippen molar-refractivity contribution in [3.8, 4) is 0 Å². The highest BCUT2D eigenvalue weighted by Gasteiger charge is 2.52. The second kappa shape index (κ2) is 8.14. The first-order chi connectivity index (χ1) is 13.5. The fourth-order valence-corrected chi connectivity index (χ4v) is 4.76. The van der Waals surface area contributed by atoms with Crippen molar-refractivity contribution in [2.45, 2.75) is 52.0 Å². The number of benzene rings is 1. The van der Waals surface area contributed by atoms with Crippen LogP contribution in [0.25, 0.3) is 0 Å². The van der Waals surface area contributed by atoms with Crippen molar-refractivity contribution in [2.75, 3.05) is 0 Å². The van der Waals surface area contributed by atoms with Crippen LogP contribution in [0.3, 0.4) is 0 Å². The Labute approximate surface area is 168 Å². The molecule has 4 amide bonds. The maximum atomic E-state index is 13.1. The van der Waals surface area contributed by atoms with Gasteiger partial charge in [-0.2, -0.15) is 5.01 Å². The molecular weight excluding hydrogens is 374 g/mol. The smallest absolute Gasteiger partial charge is 0.318 e. The summed E-state index contributed by atoms with van der Waals surface area (Å²) in [4.78, 5) is 40.0. The third kappa shape index (κ3) is 3.42. The van der Waals surface area contributed by atoms with Crippen molar-refractivity contribution in [3.63, 3.8) is 0 Å². The number of hydrazine groups is 1. The van der Waals surface area contributed by atoms with E-state index >= 15 is 0 Å². The predicted molar refractivity (Wildman–Crippen MR) is 109 cm³/mol. The maximum absolute atomic E-state index is 13.1. The Balaban J connectivity index is 1.84. The first-order valence-corrected chi connectivity index (χ1v) is 10.4. The van der Waals surface area contributed by atoms with Gasteiger partial charge in [0.25, 0.3) is 11.8 Å². The number of aryl methyl sites for hydroxylation is 2. The minimum Gasteiger partial charge on any atom is -0.318 e. The Morgan fingerprint density at radius 2 is 1.89 bits per heavy atom. The van der Waals surface area contributed by atoms with Gasteiger partial charge in [0.15, 0.2) is 0 Å². The van der Waals surface area contributed by atoms with Crippen LogP contribution in [0.4, 0.5) is 4.79 Å². The number of amides is 4. The van der Waals surface area contributed by atoms with Gasteiger partial charge in [-0.3, -0.25) is 15.0 Å². The highest BCUT2D eigenvalue weighted by Crippen LogP contribution is 2.32. The van der Waals surface area contributed by atoms with Crippen LogP contribution in [0.2, 0.25) is 0 Å². The Morgan fingerprint density at radius 1 is 1.18 bits per heavy atom. The lowest BCUT2D eigenvalue weighted by molar-refractivity contribution is -0.133. The Bertz CT molecular complexity index is 894. The van der Waals surface area contributed by atoms with Gasteiger partial charge in [-0.1, -0.05) is 57.5 Å². The van der Waals surface area contributed by atoms with Gasteiger partial charge in [-0.25, -0.2) is 4.79 Å². The van der Waals surface area contributed by atoms with Gasteiger partial charge in [-0.05, 0) is 36.5 Å². The Hall–Kier alpha value is -2.67. The van der Waals surface area contributed by atoms with Crippen molar-refractivity contribution in [3.05, 3.63) is 57.3 Å². The molecule has 1 aromatic heterocycles. The molecule has 1 fully saturated rings. The van der Waals surface area contributed by atoms with Crippen LogP contribution in [0.1, 0.15) is 59.3 Å². The standard InChI is InChI=1S/C21H25N3O3S/c1-4-10-16-14(5-2)13-17(28-16)18(25)23-24-19(26)21(6-3,22-20(24)27)15-11-8-7-9-12-15/h7-9,11-13H,4-6,10H2,1-3H3,(H,22,27)(H,23,25)/t21-/m1/s1. The van der Waals surface area contributed by atoms with Crippen LogP contribution in [0.15, 0.2) is 36.4 Å². The number of rotatable bonds is 7. The zero-order valence-corrected chi connectivity index (χ0v) is 17.2. The molecule has 2 N–H and O–H groups in total. The molecule has 2 aromatic rings. The molecule has 148 valence electrons. The molecule has 0 saturated carbocycles. The number of hydrogen-bond donors (Lipinski definition) is 2. The van der Waals surface area contributed by atoms with Crippen LogP contribution < -0.4 is 10.7 Å². The van der Waals surface area contributed by atoms with Gasteiger partial charge in [-0.15, -0.1) is 11.3 Å². The van der Waals surface area contributed by atoms with E-state index in [-0.39, 0.29) is 0 Å². The first-order valence-electron chi connectivity index (χ1n) is 9.61. The minimum atomic E-state index is -1.16. The molecule has 7 heteroatoms. The summed E-state index contributed by atoms with van der Waals surface area (Å²) in [5, 5.41) is 3.57. The summed E-state index contributed by atoms with van der Waals surface area (Å²) in [5.74, 6) is -0.911. The molecule has 28 heavy (non-hydrogen) atoms. The molecule has 3 rings (SSSR count). The quantitative estimate of drug-likeness (QED) is 0.696. The van der Waals surface area contributed by atoms with E-state index in [4.69, 9.17) is 0 Å². The first kappa shape index (κ1) is 20.1. The molecule has 0 aliphatic carbocycles. The summed E-state index contributed by atoms with van der Waals surface area (Å²) in [6.45, 7) is 5.98. The van der Waals surface area contributed by atoms with Gasteiger partial charge in [0.05, 0.1) is 4.88 Å². The summed E-state index contributed by atoms with van der Waals surface area (Å²) < 4.78 is 0. The molecule has 1 atom stereocenters. The van der Waals surface area contributed by atoms with Gasteiger partial charge in [0.1, 0.15) is 5.54 Å². The molecule has 1 saturated heterocycles. The second-order valence-electron chi connectivity index (χ2n) is 6.80. The Kier molecular flexibility index (Phi) is 5.84. The van der Waals surface area contributed by atoms with E-state index in [1.807, 2.05) is 31.2 Å². The van der Waals surface area contributed by atoms with Gasteiger partial charge >= 0.3 is 6.03 Å². The lowest BCUT2D eigenvalue weighted by Crippen LogP contribution is -2.48. The molecule has 1 aliphatic heterocycles. The van der Waals surface area contributed by atoms with Crippen LogP contribution in [0, 0.1) is 0 Å². The summed E-state index contributed by atoms with van der Waals surface area (Å²) >= 11 is 1.42. The van der Waals surface area contributed by atoms with Crippen molar-refractivity contribution in [1.29, 1.82) is 0 Å². The monoisotopic (exact) mass is 399 g/mol. The topological polar surface area (TPSA) is 78.5 Å².